The van der Waals surface area contributed by atoms with Crippen LogP contribution in [-0.2, 0) is 11.3 Å². The van der Waals surface area contributed by atoms with E-state index < -0.39 is 6.04 Å². The van der Waals surface area contributed by atoms with E-state index in [-0.39, 0.29) is 5.91 Å². The van der Waals surface area contributed by atoms with Crippen LogP contribution in [0.1, 0.15) is 48.3 Å². The van der Waals surface area contributed by atoms with E-state index in [0.29, 0.717) is 18.5 Å². The van der Waals surface area contributed by atoms with Crippen LogP contribution in [0.4, 0.5) is 0 Å². The Morgan fingerprint density at radius 1 is 1.15 bits per heavy atom. The predicted molar refractivity (Wildman–Crippen MR) is 110 cm³/mol. The fraction of sp³-hybridized carbons (Fsp3) is 0.435. The number of unbranched alkanes of at least 4 members (excludes halogenated alkanes) is 1. The number of hydrogen-bond donors (Lipinski definition) is 3. The molecule has 1 fully saturated rings. The van der Waals surface area contributed by atoms with E-state index in [2.05, 4.69) is 60.0 Å². The molecule has 1 aliphatic carbocycles. The van der Waals surface area contributed by atoms with E-state index in [1.54, 1.807) is 0 Å². The van der Waals surface area contributed by atoms with Crippen LogP contribution in [0.25, 0.3) is 0 Å². The summed E-state index contributed by atoms with van der Waals surface area (Å²) in [4.78, 5) is 12.1. The number of nitrogens with two attached hydrogens (primary N) is 1. The van der Waals surface area contributed by atoms with Crippen molar-refractivity contribution in [2.75, 3.05) is 6.54 Å². The van der Waals surface area contributed by atoms with Gasteiger partial charge in [-0.15, -0.1) is 0 Å². The summed E-state index contributed by atoms with van der Waals surface area (Å²) in [6.45, 7) is 3.58. The number of amides is 1. The quantitative estimate of drug-likeness (QED) is 0.566. The zero-order valence-corrected chi connectivity index (χ0v) is 16.2. The summed E-state index contributed by atoms with van der Waals surface area (Å²) in [6.07, 6.45) is 3.98. The molecule has 4 nitrogen and oxygen atoms in total. The van der Waals surface area contributed by atoms with Crippen LogP contribution >= 0.6 is 0 Å². The van der Waals surface area contributed by atoms with Crippen LogP contribution in [0, 0.1) is 6.92 Å². The first-order valence-electron chi connectivity index (χ1n) is 10.0. The Morgan fingerprint density at radius 2 is 1.96 bits per heavy atom. The molecular formula is C23H31N3O. The van der Waals surface area contributed by atoms with Crippen LogP contribution in [0.5, 0.6) is 0 Å². The minimum atomic E-state index is -0.423. The van der Waals surface area contributed by atoms with Crippen LogP contribution in [0.3, 0.4) is 0 Å². The number of benzene rings is 2. The van der Waals surface area contributed by atoms with Crippen LogP contribution in [0.2, 0.25) is 0 Å². The second-order valence-corrected chi connectivity index (χ2v) is 7.62. The lowest BCUT2D eigenvalue weighted by Crippen LogP contribution is -2.40. The summed E-state index contributed by atoms with van der Waals surface area (Å²) in [7, 11) is 0. The molecule has 0 heterocycles. The molecule has 0 aliphatic heterocycles. The van der Waals surface area contributed by atoms with Crippen LogP contribution in [-0.4, -0.2) is 24.5 Å². The average molecular weight is 366 g/mol. The summed E-state index contributed by atoms with van der Waals surface area (Å²) >= 11 is 0. The fourth-order valence-corrected chi connectivity index (χ4v) is 3.54. The van der Waals surface area contributed by atoms with Gasteiger partial charge in [0.15, 0.2) is 0 Å². The van der Waals surface area contributed by atoms with E-state index in [0.717, 1.165) is 31.4 Å². The van der Waals surface area contributed by atoms with E-state index in [1.807, 2.05) is 12.1 Å². The van der Waals surface area contributed by atoms with Crippen molar-refractivity contribution in [1.82, 2.24) is 10.6 Å². The van der Waals surface area contributed by atoms with Crippen LogP contribution < -0.4 is 16.4 Å². The Morgan fingerprint density at radius 3 is 2.74 bits per heavy atom. The molecule has 0 saturated heterocycles. The topological polar surface area (TPSA) is 67.2 Å². The third-order valence-electron chi connectivity index (χ3n) is 5.25. The molecule has 4 N–H and O–H groups in total. The van der Waals surface area contributed by atoms with Crippen molar-refractivity contribution < 1.29 is 4.79 Å². The molecule has 2 aromatic carbocycles. The van der Waals surface area contributed by atoms with Gasteiger partial charge >= 0.3 is 0 Å². The third-order valence-corrected chi connectivity index (χ3v) is 5.25. The van der Waals surface area contributed by atoms with Crippen molar-refractivity contribution >= 4 is 5.91 Å². The minimum Gasteiger partial charge on any atom is -0.351 e. The highest BCUT2D eigenvalue weighted by atomic mass is 16.2. The van der Waals surface area contributed by atoms with Gasteiger partial charge in [0.2, 0.25) is 5.91 Å². The molecule has 3 rings (SSSR count). The third kappa shape index (κ3) is 6.19. The molecule has 3 atom stereocenters. The maximum absolute atomic E-state index is 12.1. The van der Waals surface area contributed by atoms with Gasteiger partial charge in [0.1, 0.15) is 0 Å². The van der Waals surface area contributed by atoms with Gasteiger partial charge in [0.05, 0.1) is 6.04 Å². The highest BCUT2D eigenvalue weighted by molar-refractivity contribution is 5.81. The molecule has 4 heteroatoms. The standard InChI is InChI=1S/C23H31N3O/c1-17-8-7-9-18(14-17)16-26-23(27)21(24)12-5-6-13-25-22-15-20(22)19-10-3-2-4-11-19/h2-4,7-11,14,20-22,25H,5-6,12-13,15-16,24H2,1H3,(H,26,27)/t20-,21?,22+/m0/s1. The molecule has 27 heavy (non-hydrogen) atoms. The van der Waals surface area contributed by atoms with Gasteiger partial charge in [-0.25, -0.2) is 0 Å². The zero-order chi connectivity index (χ0) is 19.1. The Bertz CT molecular complexity index is 731. The lowest BCUT2D eigenvalue weighted by molar-refractivity contribution is -0.122. The largest absolute Gasteiger partial charge is 0.351 e. The van der Waals surface area contributed by atoms with E-state index in [1.165, 1.54) is 17.5 Å². The maximum atomic E-state index is 12.1. The summed E-state index contributed by atoms with van der Waals surface area (Å²) in [5, 5.41) is 6.56. The summed E-state index contributed by atoms with van der Waals surface area (Å²) in [6, 6.07) is 19.0. The molecule has 2 aromatic rings. The minimum absolute atomic E-state index is 0.0594. The molecule has 144 valence electrons. The van der Waals surface area contributed by atoms with Gasteiger partial charge in [-0.1, -0.05) is 66.6 Å². The average Bonchev–Trinajstić information content (AvgIpc) is 3.46. The van der Waals surface area contributed by atoms with Crippen LogP contribution in [0.15, 0.2) is 54.6 Å². The monoisotopic (exact) mass is 365 g/mol. The summed E-state index contributed by atoms with van der Waals surface area (Å²) in [5.74, 6) is 0.608. The predicted octanol–water partition coefficient (Wildman–Crippen LogP) is 3.25. The summed E-state index contributed by atoms with van der Waals surface area (Å²) in [5.41, 5.74) is 9.77. The van der Waals surface area contributed by atoms with Crippen molar-refractivity contribution in [2.45, 2.75) is 57.2 Å². The molecule has 0 aromatic heterocycles. The molecular weight excluding hydrogens is 334 g/mol. The van der Waals surface area contributed by atoms with Gasteiger partial charge in [-0.3, -0.25) is 4.79 Å². The Hall–Kier alpha value is -2.17. The lowest BCUT2D eigenvalue weighted by atomic mass is 10.1. The number of aryl methyl sites for hydroxylation is 1. The first-order chi connectivity index (χ1) is 13.1. The maximum Gasteiger partial charge on any atom is 0.237 e. The first-order valence-corrected chi connectivity index (χ1v) is 10.0. The van der Waals surface area contributed by atoms with Crippen molar-refractivity contribution in [1.29, 1.82) is 0 Å². The Labute approximate surface area is 162 Å². The molecule has 0 bridgehead atoms. The Kier molecular flexibility index (Phi) is 7.02. The number of carbonyl (C=O) groups excluding carboxylic acids is 1. The van der Waals surface area contributed by atoms with Gasteiger partial charge in [0, 0.05) is 18.5 Å². The number of nitrogens with one attached hydrogen (secondary N) is 2. The molecule has 0 spiro atoms. The van der Waals surface area contributed by atoms with E-state index in [9.17, 15) is 4.79 Å². The van der Waals surface area contributed by atoms with Crippen molar-refractivity contribution in [3.8, 4) is 0 Å². The second kappa shape index (κ2) is 9.67. The lowest BCUT2D eigenvalue weighted by Gasteiger charge is -2.12. The van der Waals surface area contributed by atoms with Gasteiger partial charge in [-0.05, 0) is 43.9 Å². The van der Waals surface area contributed by atoms with Crippen molar-refractivity contribution in [3.05, 3.63) is 71.3 Å². The molecule has 1 saturated carbocycles. The number of rotatable bonds is 10. The number of hydrogen-bond acceptors (Lipinski definition) is 3. The van der Waals surface area contributed by atoms with E-state index in [4.69, 9.17) is 5.73 Å². The van der Waals surface area contributed by atoms with Gasteiger partial charge in [-0.2, -0.15) is 0 Å². The zero-order valence-electron chi connectivity index (χ0n) is 16.2. The normalized spacial score (nSPS) is 19.5. The first kappa shape index (κ1) is 19.6. The van der Waals surface area contributed by atoms with Gasteiger partial charge < -0.3 is 16.4 Å². The molecule has 1 aliphatic rings. The van der Waals surface area contributed by atoms with E-state index >= 15 is 0 Å². The summed E-state index contributed by atoms with van der Waals surface area (Å²) < 4.78 is 0. The second-order valence-electron chi connectivity index (χ2n) is 7.62. The van der Waals surface area contributed by atoms with Crippen molar-refractivity contribution in [2.24, 2.45) is 5.73 Å². The van der Waals surface area contributed by atoms with Gasteiger partial charge in [0.25, 0.3) is 0 Å². The SMILES string of the molecule is Cc1cccc(CNC(=O)C(N)CCCCN[C@@H]2C[C@H]2c2ccccc2)c1. The highest BCUT2D eigenvalue weighted by Gasteiger charge is 2.37. The molecule has 0 radical (unpaired) electrons. The molecule has 1 unspecified atom stereocenters. The van der Waals surface area contributed by atoms with Crippen molar-refractivity contribution in [3.63, 3.8) is 0 Å². The molecule has 1 amide bonds. The fourth-order valence-electron chi connectivity index (χ4n) is 3.54. The smallest absolute Gasteiger partial charge is 0.237 e. The Balaban J connectivity index is 1.25. The number of carbonyl (C=O) groups is 1. The highest BCUT2D eigenvalue weighted by Crippen LogP contribution is 2.40.